The minimum absolute atomic E-state index is 0.158. The molecule has 0 fully saturated rings. The summed E-state index contributed by atoms with van der Waals surface area (Å²) in [6.07, 6.45) is 14.2. The van der Waals surface area contributed by atoms with Gasteiger partial charge in [-0.3, -0.25) is 0 Å². The number of alkyl carbamates (subject to hydrolysis) is 1. The van der Waals surface area contributed by atoms with Gasteiger partial charge in [0.2, 0.25) is 0 Å². The van der Waals surface area contributed by atoms with Gasteiger partial charge < -0.3 is 19.5 Å². The second-order valence-corrected chi connectivity index (χ2v) is 7.94. The highest BCUT2D eigenvalue weighted by Gasteiger charge is 2.22. The molecule has 0 rings (SSSR count). The molecule has 0 aromatic carbocycles. The Kier molecular flexibility index (Phi) is 20.1. The Labute approximate surface area is 175 Å². The Morgan fingerprint density at radius 1 is 0.857 bits per heavy atom. The fourth-order valence-electron chi connectivity index (χ4n) is 2.75. The third-order valence-electron chi connectivity index (χ3n) is 4.45. The molecule has 0 spiro atoms. The molecule has 7 heteroatoms. The summed E-state index contributed by atoms with van der Waals surface area (Å²) in [4.78, 5) is 24.0. The third-order valence-corrected chi connectivity index (χ3v) is 5.09. The van der Waals surface area contributed by atoms with Gasteiger partial charge in [0.05, 0.1) is 13.2 Å². The normalized spacial score (nSPS) is 11.8. The van der Waals surface area contributed by atoms with Crippen molar-refractivity contribution in [2.45, 2.75) is 83.6 Å². The van der Waals surface area contributed by atoms with Crippen molar-refractivity contribution < 1.29 is 23.8 Å². The van der Waals surface area contributed by atoms with E-state index in [1.807, 2.05) is 6.26 Å². The summed E-state index contributed by atoms with van der Waals surface area (Å²) in [6, 6.07) is -0.661. The zero-order valence-electron chi connectivity index (χ0n) is 18.1. The summed E-state index contributed by atoms with van der Waals surface area (Å²) in [5.74, 6) is 0.379. The summed E-state index contributed by atoms with van der Waals surface area (Å²) in [5.41, 5.74) is 0. The van der Waals surface area contributed by atoms with Crippen LogP contribution in [0, 0.1) is 0 Å². The topological polar surface area (TPSA) is 73.9 Å². The molecular formula is C21H41NO5S. The fourth-order valence-corrected chi connectivity index (χ4v) is 3.22. The Hall–Kier alpha value is -0.950. The van der Waals surface area contributed by atoms with Gasteiger partial charge in [-0.1, -0.05) is 64.7 Å². The Balaban J connectivity index is 3.84. The average Bonchev–Trinajstić information content (AvgIpc) is 2.69. The van der Waals surface area contributed by atoms with Gasteiger partial charge in [0.15, 0.2) is 0 Å². The molecule has 0 heterocycles. The van der Waals surface area contributed by atoms with Crippen LogP contribution < -0.4 is 5.32 Å². The monoisotopic (exact) mass is 419 g/mol. The van der Waals surface area contributed by atoms with Crippen LogP contribution in [0.5, 0.6) is 0 Å². The number of rotatable bonds is 19. The van der Waals surface area contributed by atoms with Crippen molar-refractivity contribution in [1.29, 1.82) is 0 Å². The van der Waals surface area contributed by atoms with Crippen LogP contribution in [0.3, 0.4) is 0 Å². The number of thioether (sulfide) groups is 1. The van der Waals surface area contributed by atoms with E-state index < -0.39 is 12.1 Å². The van der Waals surface area contributed by atoms with E-state index in [2.05, 4.69) is 12.2 Å². The average molecular weight is 420 g/mol. The van der Waals surface area contributed by atoms with Crippen molar-refractivity contribution in [3.8, 4) is 0 Å². The largest absolute Gasteiger partial charge is 0.464 e. The van der Waals surface area contributed by atoms with E-state index in [0.29, 0.717) is 19.6 Å². The van der Waals surface area contributed by atoms with Crippen molar-refractivity contribution in [1.82, 2.24) is 5.32 Å². The van der Waals surface area contributed by atoms with E-state index in [1.165, 1.54) is 58.5 Å². The number of ether oxygens (including phenoxy) is 3. The lowest BCUT2D eigenvalue weighted by molar-refractivity contribution is -0.146. The number of carbonyl (C=O) groups excluding carboxylic acids is 2. The molecule has 1 amide bonds. The predicted octanol–water partition coefficient (Wildman–Crippen LogP) is 4.94. The zero-order chi connectivity index (χ0) is 20.9. The van der Waals surface area contributed by atoms with Crippen LogP contribution >= 0.6 is 11.8 Å². The molecule has 0 saturated heterocycles. The standard InChI is InChI=1S/C21H41NO5S/c1-4-5-6-7-8-9-10-11-12-13-15-26-20(23)19(14-18-28-3)22-21(24)27-17-16-25-2/h19H,4-18H2,1-3H3,(H,22,24). The number of hydrogen-bond donors (Lipinski definition) is 1. The molecule has 1 N–H and O–H groups in total. The summed E-state index contributed by atoms with van der Waals surface area (Å²) >= 11 is 1.62. The Morgan fingerprint density at radius 2 is 1.46 bits per heavy atom. The van der Waals surface area contributed by atoms with Crippen LogP contribution in [0.15, 0.2) is 0 Å². The van der Waals surface area contributed by atoms with Crippen molar-refractivity contribution in [2.75, 3.05) is 38.9 Å². The molecule has 1 atom stereocenters. The summed E-state index contributed by atoms with van der Waals surface area (Å²) in [5, 5.41) is 2.60. The molecule has 0 aliphatic rings. The fraction of sp³-hybridized carbons (Fsp3) is 0.905. The lowest BCUT2D eigenvalue weighted by atomic mass is 10.1. The van der Waals surface area contributed by atoms with E-state index in [1.54, 1.807) is 11.8 Å². The van der Waals surface area contributed by atoms with Gasteiger partial charge in [-0.15, -0.1) is 0 Å². The van der Waals surface area contributed by atoms with Gasteiger partial charge in [0, 0.05) is 7.11 Å². The molecular weight excluding hydrogens is 378 g/mol. The first-order chi connectivity index (χ1) is 13.7. The van der Waals surface area contributed by atoms with Crippen LogP contribution in [0.4, 0.5) is 4.79 Å². The molecule has 0 radical (unpaired) electrons. The summed E-state index contributed by atoms with van der Waals surface area (Å²) in [7, 11) is 1.54. The van der Waals surface area contributed by atoms with Gasteiger partial charge in [-0.25, -0.2) is 9.59 Å². The number of esters is 1. The number of methoxy groups -OCH3 is 1. The molecule has 0 bridgehead atoms. The first-order valence-electron chi connectivity index (χ1n) is 10.7. The lowest BCUT2D eigenvalue weighted by Gasteiger charge is -2.17. The van der Waals surface area contributed by atoms with Gasteiger partial charge >= 0.3 is 12.1 Å². The number of amides is 1. The Bertz CT molecular complexity index is 382. The van der Waals surface area contributed by atoms with Gasteiger partial charge in [0.1, 0.15) is 12.6 Å². The van der Waals surface area contributed by atoms with Crippen LogP contribution in [0.2, 0.25) is 0 Å². The van der Waals surface area contributed by atoms with Gasteiger partial charge in [-0.05, 0) is 24.9 Å². The highest BCUT2D eigenvalue weighted by molar-refractivity contribution is 7.98. The molecule has 0 aromatic heterocycles. The minimum atomic E-state index is -0.661. The molecule has 166 valence electrons. The Morgan fingerprint density at radius 3 is 2.04 bits per heavy atom. The highest BCUT2D eigenvalue weighted by Crippen LogP contribution is 2.11. The molecule has 28 heavy (non-hydrogen) atoms. The van der Waals surface area contributed by atoms with Gasteiger partial charge in [-0.2, -0.15) is 11.8 Å². The number of carbonyl (C=O) groups is 2. The van der Waals surface area contributed by atoms with E-state index in [-0.39, 0.29) is 12.6 Å². The lowest BCUT2D eigenvalue weighted by Crippen LogP contribution is -2.42. The van der Waals surface area contributed by atoms with Crippen LogP contribution in [0.25, 0.3) is 0 Å². The van der Waals surface area contributed by atoms with Crippen LogP contribution in [-0.4, -0.2) is 57.0 Å². The van der Waals surface area contributed by atoms with E-state index in [9.17, 15) is 9.59 Å². The smallest absolute Gasteiger partial charge is 0.407 e. The number of nitrogens with one attached hydrogen (secondary N) is 1. The van der Waals surface area contributed by atoms with E-state index in [0.717, 1.165) is 18.6 Å². The summed E-state index contributed by atoms with van der Waals surface area (Å²) < 4.78 is 15.2. The van der Waals surface area contributed by atoms with Crippen molar-refractivity contribution in [2.24, 2.45) is 0 Å². The quantitative estimate of drug-likeness (QED) is 0.236. The zero-order valence-corrected chi connectivity index (χ0v) is 18.9. The predicted molar refractivity (Wildman–Crippen MR) is 116 cm³/mol. The molecule has 0 saturated carbocycles. The second kappa shape index (κ2) is 20.8. The van der Waals surface area contributed by atoms with Gasteiger partial charge in [0.25, 0.3) is 0 Å². The maximum absolute atomic E-state index is 12.2. The first kappa shape index (κ1) is 27.0. The third kappa shape index (κ3) is 17.2. The second-order valence-electron chi connectivity index (χ2n) is 6.96. The maximum atomic E-state index is 12.2. The van der Waals surface area contributed by atoms with E-state index in [4.69, 9.17) is 14.2 Å². The van der Waals surface area contributed by atoms with E-state index >= 15 is 0 Å². The molecule has 0 aliphatic heterocycles. The van der Waals surface area contributed by atoms with Crippen LogP contribution in [-0.2, 0) is 19.0 Å². The van der Waals surface area contributed by atoms with Crippen molar-refractivity contribution in [3.05, 3.63) is 0 Å². The summed E-state index contributed by atoms with van der Waals surface area (Å²) in [6.45, 7) is 3.13. The maximum Gasteiger partial charge on any atom is 0.407 e. The van der Waals surface area contributed by atoms with Crippen LogP contribution in [0.1, 0.15) is 77.6 Å². The molecule has 1 unspecified atom stereocenters. The number of unbranched alkanes of at least 4 members (excludes halogenated alkanes) is 9. The van der Waals surface area contributed by atoms with Crippen molar-refractivity contribution >= 4 is 23.8 Å². The number of hydrogen-bond acceptors (Lipinski definition) is 6. The molecule has 0 aromatic rings. The SMILES string of the molecule is CCCCCCCCCCCCOC(=O)C(CCSC)NC(=O)OCCOC. The highest BCUT2D eigenvalue weighted by atomic mass is 32.2. The first-order valence-corrected chi connectivity index (χ1v) is 12.1. The molecule has 0 aliphatic carbocycles. The molecule has 6 nitrogen and oxygen atoms in total. The van der Waals surface area contributed by atoms with Crippen molar-refractivity contribution in [3.63, 3.8) is 0 Å². The minimum Gasteiger partial charge on any atom is -0.464 e.